The number of rotatable bonds is 5. The first-order valence-corrected chi connectivity index (χ1v) is 7.56. The lowest BCUT2D eigenvalue weighted by Gasteiger charge is -2.21. The third-order valence-corrected chi connectivity index (χ3v) is 5.23. The van der Waals surface area contributed by atoms with E-state index < -0.39 is 15.8 Å². The lowest BCUT2D eigenvalue weighted by Crippen LogP contribution is -2.34. The van der Waals surface area contributed by atoms with Gasteiger partial charge in [-0.15, -0.1) is 0 Å². The first-order chi connectivity index (χ1) is 8.96. The third kappa shape index (κ3) is 2.94. The van der Waals surface area contributed by atoms with Crippen LogP contribution in [-0.2, 0) is 10.0 Å². The molecule has 0 aliphatic heterocycles. The molecule has 0 atom stereocenters. The second kappa shape index (κ2) is 5.27. The highest BCUT2D eigenvalue weighted by Crippen LogP contribution is 2.33. The Morgan fingerprint density at radius 2 is 2.16 bits per heavy atom. The Bertz CT molecular complexity index is 618. The van der Waals surface area contributed by atoms with Gasteiger partial charge in [-0.25, -0.2) is 12.8 Å². The molecule has 6 heteroatoms. The highest BCUT2D eigenvalue weighted by atomic mass is 32.2. The molecule has 1 aliphatic carbocycles. The molecule has 0 heterocycles. The Hall–Kier alpha value is -1.45. The van der Waals surface area contributed by atoms with Crippen molar-refractivity contribution in [3.63, 3.8) is 0 Å². The fourth-order valence-electron chi connectivity index (χ4n) is 2.00. The molecule has 1 saturated carbocycles. The van der Waals surface area contributed by atoms with Crippen molar-refractivity contribution in [1.82, 2.24) is 4.31 Å². The molecule has 0 aromatic heterocycles. The normalized spacial score (nSPS) is 15.5. The summed E-state index contributed by atoms with van der Waals surface area (Å²) in [6, 6.07) is 5.65. The van der Waals surface area contributed by atoms with Crippen LogP contribution in [-0.4, -0.2) is 25.3 Å². The Balaban J connectivity index is 2.39. The number of hydrogen-bond acceptors (Lipinski definition) is 3. The van der Waals surface area contributed by atoms with Crippen LogP contribution in [0.3, 0.4) is 0 Å². The standard InChI is InChI=1S/C13H15FN2O2S/c1-10-3-4-11(14)9-13(10)19(17,18)16(8-2-7-15)12-5-6-12/h3-4,9,12H,2,5-6,8H2,1H3. The molecule has 0 spiro atoms. The summed E-state index contributed by atoms with van der Waals surface area (Å²) in [6.07, 6.45) is 1.75. The van der Waals surface area contributed by atoms with Gasteiger partial charge in [0.05, 0.1) is 11.0 Å². The molecule has 2 rings (SSSR count). The molecule has 1 aliphatic rings. The van der Waals surface area contributed by atoms with E-state index in [9.17, 15) is 12.8 Å². The van der Waals surface area contributed by atoms with Gasteiger partial charge in [0.1, 0.15) is 5.82 Å². The molecule has 0 N–H and O–H groups in total. The molecular formula is C13H15FN2O2S. The van der Waals surface area contributed by atoms with Crippen LogP contribution >= 0.6 is 0 Å². The fourth-order valence-corrected chi connectivity index (χ4v) is 3.92. The number of hydrogen-bond donors (Lipinski definition) is 0. The van der Waals surface area contributed by atoms with Gasteiger partial charge < -0.3 is 0 Å². The second-order valence-electron chi connectivity index (χ2n) is 4.66. The van der Waals surface area contributed by atoms with Crippen LogP contribution in [0, 0.1) is 24.1 Å². The molecule has 1 aromatic rings. The van der Waals surface area contributed by atoms with Crippen molar-refractivity contribution in [2.45, 2.75) is 37.1 Å². The molecule has 1 fully saturated rings. The summed E-state index contributed by atoms with van der Waals surface area (Å²) in [7, 11) is -3.72. The maximum absolute atomic E-state index is 13.3. The number of aryl methyl sites for hydroxylation is 1. The van der Waals surface area contributed by atoms with E-state index in [1.54, 1.807) is 6.92 Å². The molecule has 0 saturated heterocycles. The van der Waals surface area contributed by atoms with Gasteiger partial charge >= 0.3 is 0 Å². The molecule has 19 heavy (non-hydrogen) atoms. The van der Waals surface area contributed by atoms with Gasteiger partial charge in [0, 0.05) is 19.0 Å². The number of benzene rings is 1. The number of sulfonamides is 1. The summed E-state index contributed by atoms with van der Waals surface area (Å²) in [4.78, 5) is -0.00246. The first-order valence-electron chi connectivity index (χ1n) is 6.12. The van der Waals surface area contributed by atoms with Gasteiger partial charge in [-0.05, 0) is 37.5 Å². The zero-order chi connectivity index (χ0) is 14.0. The molecular weight excluding hydrogens is 267 g/mol. The van der Waals surface area contributed by atoms with Crippen LogP contribution in [0.2, 0.25) is 0 Å². The van der Waals surface area contributed by atoms with Crippen molar-refractivity contribution in [3.8, 4) is 6.07 Å². The number of nitriles is 1. The summed E-state index contributed by atoms with van der Waals surface area (Å²) in [5.74, 6) is -0.569. The molecule has 102 valence electrons. The van der Waals surface area contributed by atoms with Crippen molar-refractivity contribution in [2.75, 3.05) is 6.54 Å². The Kier molecular flexibility index (Phi) is 3.88. The minimum absolute atomic E-state index is 0.00246. The summed E-state index contributed by atoms with van der Waals surface area (Å²) in [6.45, 7) is 1.81. The predicted molar refractivity (Wildman–Crippen MR) is 68.3 cm³/mol. The minimum Gasteiger partial charge on any atom is -0.207 e. The Morgan fingerprint density at radius 3 is 2.74 bits per heavy atom. The van der Waals surface area contributed by atoms with E-state index in [4.69, 9.17) is 5.26 Å². The smallest absolute Gasteiger partial charge is 0.207 e. The molecule has 0 bridgehead atoms. The fraction of sp³-hybridized carbons (Fsp3) is 0.462. The van der Waals surface area contributed by atoms with Gasteiger partial charge in [-0.1, -0.05) is 6.07 Å². The van der Waals surface area contributed by atoms with Gasteiger partial charge in [-0.2, -0.15) is 9.57 Å². The number of nitrogens with zero attached hydrogens (tertiary/aromatic N) is 2. The molecule has 4 nitrogen and oxygen atoms in total. The first kappa shape index (κ1) is 14.0. The predicted octanol–water partition coefficient (Wildman–Crippen LogP) is 2.20. The third-order valence-electron chi connectivity index (χ3n) is 3.13. The van der Waals surface area contributed by atoms with Crippen LogP contribution in [0.4, 0.5) is 4.39 Å². The lowest BCUT2D eigenvalue weighted by atomic mass is 10.2. The average molecular weight is 282 g/mol. The Labute approximate surface area is 112 Å². The summed E-state index contributed by atoms with van der Waals surface area (Å²) in [5.41, 5.74) is 0.518. The van der Waals surface area contributed by atoms with Crippen LogP contribution in [0.1, 0.15) is 24.8 Å². The van der Waals surface area contributed by atoms with Gasteiger partial charge in [0.15, 0.2) is 0 Å². The van der Waals surface area contributed by atoms with Crippen molar-refractivity contribution in [2.24, 2.45) is 0 Å². The van der Waals surface area contributed by atoms with E-state index in [1.807, 2.05) is 6.07 Å². The van der Waals surface area contributed by atoms with Gasteiger partial charge in [-0.3, -0.25) is 0 Å². The molecule has 1 aromatic carbocycles. The SMILES string of the molecule is Cc1ccc(F)cc1S(=O)(=O)N(CCC#N)C1CC1. The summed E-state index contributed by atoms with van der Waals surface area (Å²) >= 11 is 0. The van der Waals surface area contributed by atoms with E-state index in [0.717, 1.165) is 18.9 Å². The molecule has 0 radical (unpaired) electrons. The van der Waals surface area contributed by atoms with E-state index in [0.29, 0.717) is 5.56 Å². The van der Waals surface area contributed by atoms with E-state index in [1.165, 1.54) is 16.4 Å². The topological polar surface area (TPSA) is 61.2 Å². The van der Waals surface area contributed by atoms with Crippen molar-refractivity contribution in [1.29, 1.82) is 5.26 Å². The van der Waals surface area contributed by atoms with E-state index in [2.05, 4.69) is 0 Å². The Morgan fingerprint density at radius 1 is 1.47 bits per heavy atom. The summed E-state index contributed by atoms with van der Waals surface area (Å²) in [5, 5.41) is 8.62. The number of halogens is 1. The van der Waals surface area contributed by atoms with Crippen molar-refractivity contribution in [3.05, 3.63) is 29.6 Å². The summed E-state index contributed by atoms with van der Waals surface area (Å²) < 4.78 is 39.7. The van der Waals surface area contributed by atoms with Crippen LogP contribution in [0.15, 0.2) is 23.1 Å². The second-order valence-corrected chi connectivity index (χ2v) is 6.52. The van der Waals surface area contributed by atoms with Gasteiger partial charge in [0.2, 0.25) is 10.0 Å². The van der Waals surface area contributed by atoms with E-state index >= 15 is 0 Å². The van der Waals surface area contributed by atoms with Crippen molar-refractivity contribution >= 4 is 10.0 Å². The maximum atomic E-state index is 13.3. The minimum atomic E-state index is -3.72. The monoisotopic (exact) mass is 282 g/mol. The highest BCUT2D eigenvalue weighted by molar-refractivity contribution is 7.89. The zero-order valence-corrected chi connectivity index (χ0v) is 11.5. The lowest BCUT2D eigenvalue weighted by molar-refractivity contribution is 0.410. The molecule has 0 amide bonds. The van der Waals surface area contributed by atoms with E-state index in [-0.39, 0.29) is 23.9 Å². The van der Waals surface area contributed by atoms with Gasteiger partial charge in [0.25, 0.3) is 0 Å². The molecule has 0 unspecified atom stereocenters. The van der Waals surface area contributed by atoms with Crippen LogP contribution in [0.5, 0.6) is 0 Å². The maximum Gasteiger partial charge on any atom is 0.243 e. The van der Waals surface area contributed by atoms with Crippen LogP contribution in [0.25, 0.3) is 0 Å². The van der Waals surface area contributed by atoms with Crippen molar-refractivity contribution < 1.29 is 12.8 Å². The highest BCUT2D eigenvalue weighted by Gasteiger charge is 2.38. The quantitative estimate of drug-likeness (QED) is 0.831. The average Bonchev–Trinajstić information content (AvgIpc) is 3.17. The zero-order valence-electron chi connectivity index (χ0n) is 10.6. The van der Waals surface area contributed by atoms with Crippen LogP contribution < -0.4 is 0 Å². The largest absolute Gasteiger partial charge is 0.243 e.